The molecule has 0 radical (unpaired) electrons. The number of nitriles is 1. The molecule has 0 fully saturated rings. The topological polar surface area (TPSA) is 44.0 Å². The van der Waals surface area contributed by atoms with Crippen LogP contribution in [0.5, 0.6) is 5.75 Å². The second-order valence-corrected chi connectivity index (χ2v) is 2.46. The first kappa shape index (κ1) is 9.45. The van der Waals surface area contributed by atoms with Crippen molar-refractivity contribution in [1.82, 2.24) is 0 Å². The highest BCUT2D eigenvalue weighted by molar-refractivity contribution is 6.74. The standard InChI is InChI=1S/C7H4BF3NO/c9-8(10,11)7-2-1-6(13)3-5(7)4-12/h1-3,13H/q-1. The van der Waals surface area contributed by atoms with E-state index in [0.717, 1.165) is 12.1 Å². The third-order valence-corrected chi connectivity index (χ3v) is 1.51. The van der Waals surface area contributed by atoms with E-state index in [-0.39, 0.29) is 5.75 Å². The third-order valence-electron chi connectivity index (χ3n) is 1.51. The maximum Gasteiger partial charge on any atom is 0.510 e. The molecular weight excluding hydrogens is 182 g/mol. The van der Waals surface area contributed by atoms with Gasteiger partial charge in [-0.25, -0.2) is 0 Å². The molecule has 0 unspecified atom stereocenters. The summed E-state index contributed by atoms with van der Waals surface area (Å²) in [5.41, 5.74) is -1.52. The first-order chi connectivity index (χ1) is 5.95. The Morgan fingerprint density at radius 1 is 1.31 bits per heavy atom. The van der Waals surface area contributed by atoms with Gasteiger partial charge in [-0.3, -0.25) is 0 Å². The quantitative estimate of drug-likeness (QED) is 0.672. The van der Waals surface area contributed by atoms with Gasteiger partial charge in [-0.05, 0) is 12.1 Å². The monoisotopic (exact) mass is 186 g/mol. The van der Waals surface area contributed by atoms with Gasteiger partial charge >= 0.3 is 6.98 Å². The van der Waals surface area contributed by atoms with Crippen molar-refractivity contribution >= 4 is 12.4 Å². The molecule has 1 N–H and O–H groups in total. The predicted octanol–water partition coefficient (Wildman–Crippen LogP) is 1.32. The van der Waals surface area contributed by atoms with E-state index in [1.54, 1.807) is 0 Å². The largest absolute Gasteiger partial charge is 0.510 e. The van der Waals surface area contributed by atoms with Gasteiger partial charge < -0.3 is 18.1 Å². The zero-order valence-corrected chi connectivity index (χ0v) is 6.34. The summed E-state index contributed by atoms with van der Waals surface area (Å²) in [5, 5.41) is 17.2. The van der Waals surface area contributed by atoms with Crippen LogP contribution in [0.25, 0.3) is 0 Å². The molecule has 0 aromatic heterocycles. The van der Waals surface area contributed by atoms with Crippen LogP contribution in [0.1, 0.15) is 5.56 Å². The molecule has 0 spiro atoms. The van der Waals surface area contributed by atoms with E-state index in [4.69, 9.17) is 10.4 Å². The maximum absolute atomic E-state index is 12.2. The van der Waals surface area contributed by atoms with Crippen molar-refractivity contribution in [3.8, 4) is 11.8 Å². The van der Waals surface area contributed by atoms with Gasteiger partial charge in [-0.15, -0.1) is 0 Å². The van der Waals surface area contributed by atoms with E-state index >= 15 is 0 Å². The molecule has 2 nitrogen and oxygen atoms in total. The van der Waals surface area contributed by atoms with E-state index < -0.39 is 18.0 Å². The van der Waals surface area contributed by atoms with Crippen LogP contribution < -0.4 is 5.46 Å². The molecule has 1 aromatic carbocycles. The SMILES string of the molecule is N#Cc1cc(O)ccc1[B-](F)(F)F. The number of halogens is 3. The average Bonchev–Trinajstić information content (AvgIpc) is 2.01. The molecule has 68 valence electrons. The van der Waals surface area contributed by atoms with Crippen molar-refractivity contribution in [2.24, 2.45) is 0 Å². The molecule has 0 saturated carbocycles. The van der Waals surface area contributed by atoms with Gasteiger partial charge in [0.05, 0.1) is 6.07 Å². The van der Waals surface area contributed by atoms with Crippen molar-refractivity contribution in [3.05, 3.63) is 23.8 Å². The molecule has 13 heavy (non-hydrogen) atoms. The van der Waals surface area contributed by atoms with E-state index in [1.807, 2.05) is 0 Å². The van der Waals surface area contributed by atoms with Crippen molar-refractivity contribution in [2.75, 3.05) is 0 Å². The molecule has 0 atom stereocenters. The minimum Gasteiger partial charge on any atom is -0.508 e. The fourth-order valence-corrected chi connectivity index (χ4v) is 0.927. The lowest BCUT2D eigenvalue weighted by molar-refractivity contribution is 0.474. The van der Waals surface area contributed by atoms with Crippen LogP contribution in [-0.2, 0) is 0 Å². The third kappa shape index (κ3) is 1.93. The summed E-state index contributed by atoms with van der Waals surface area (Å²) in [6.45, 7) is -5.19. The molecular formula is C7H4BF3NO-. The van der Waals surface area contributed by atoms with Crippen LogP contribution in [0.4, 0.5) is 12.9 Å². The molecule has 0 saturated heterocycles. The molecule has 1 aromatic rings. The number of hydrogen-bond donors (Lipinski definition) is 1. The number of phenols is 1. The molecule has 6 heteroatoms. The molecule has 0 aliphatic rings. The summed E-state index contributed by atoms with van der Waals surface area (Å²) in [7, 11) is 0. The number of benzene rings is 1. The predicted molar refractivity (Wildman–Crippen MR) is 41.5 cm³/mol. The molecule has 0 amide bonds. The summed E-state index contributed by atoms with van der Waals surface area (Å²) in [6, 6.07) is 3.79. The second-order valence-electron chi connectivity index (χ2n) is 2.46. The highest BCUT2D eigenvalue weighted by atomic mass is 19.4. The second kappa shape index (κ2) is 3.01. The Morgan fingerprint density at radius 2 is 1.92 bits per heavy atom. The molecule has 1 rings (SSSR count). The lowest BCUT2D eigenvalue weighted by Crippen LogP contribution is -2.36. The number of hydrogen-bond acceptors (Lipinski definition) is 2. The van der Waals surface area contributed by atoms with Crippen molar-refractivity contribution in [1.29, 1.82) is 5.26 Å². The zero-order valence-electron chi connectivity index (χ0n) is 6.34. The summed E-state index contributed by atoms with van der Waals surface area (Å²) in [4.78, 5) is 0. The van der Waals surface area contributed by atoms with Gasteiger partial charge in [0, 0.05) is 5.56 Å². The summed E-state index contributed by atoms with van der Waals surface area (Å²) in [6.07, 6.45) is 0. The molecule has 0 aliphatic carbocycles. The van der Waals surface area contributed by atoms with E-state index in [0.29, 0.717) is 6.07 Å². The molecule has 0 bridgehead atoms. The van der Waals surface area contributed by atoms with Gasteiger partial charge in [0.1, 0.15) is 5.75 Å². The smallest absolute Gasteiger partial charge is 0.508 e. The van der Waals surface area contributed by atoms with Crippen LogP contribution in [-0.4, -0.2) is 12.1 Å². The zero-order chi connectivity index (χ0) is 10.1. The fraction of sp³-hybridized carbons (Fsp3) is 0. The molecule has 0 aliphatic heterocycles. The van der Waals surface area contributed by atoms with Crippen LogP contribution in [0.15, 0.2) is 18.2 Å². The first-order valence-corrected chi connectivity index (χ1v) is 3.38. The van der Waals surface area contributed by atoms with Crippen molar-refractivity contribution < 1.29 is 18.1 Å². The van der Waals surface area contributed by atoms with Crippen molar-refractivity contribution in [3.63, 3.8) is 0 Å². The average molecular weight is 186 g/mol. The Balaban J connectivity index is 3.32. The van der Waals surface area contributed by atoms with Gasteiger partial charge in [-0.1, -0.05) is 11.5 Å². The van der Waals surface area contributed by atoms with Crippen LogP contribution in [0.3, 0.4) is 0 Å². The Kier molecular flexibility index (Phi) is 2.19. The normalized spacial score (nSPS) is 10.9. The maximum atomic E-state index is 12.2. The highest BCUT2D eigenvalue weighted by Crippen LogP contribution is 2.15. The molecule has 0 heterocycles. The van der Waals surface area contributed by atoms with Crippen molar-refractivity contribution in [2.45, 2.75) is 0 Å². The lowest BCUT2D eigenvalue weighted by Gasteiger charge is -2.15. The van der Waals surface area contributed by atoms with Gasteiger partial charge in [0.25, 0.3) is 0 Å². The minimum absolute atomic E-state index is 0.347. The van der Waals surface area contributed by atoms with Crippen LogP contribution in [0, 0.1) is 11.3 Å². The van der Waals surface area contributed by atoms with Gasteiger partial charge in [-0.2, -0.15) is 5.26 Å². The number of rotatable bonds is 1. The Bertz CT molecular complexity index is 369. The number of nitrogens with zero attached hydrogens (tertiary/aromatic N) is 1. The van der Waals surface area contributed by atoms with Crippen LogP contribution >= 0.6 is 0 Å². The van der Waals surface area contributed by atoms with Gasteiger partial charge in [0.15, 0.2) is 0 Å². The Labute approximate surface area is 72.3 Å². The summed E-state index contributed by atoms with van der Waals surface area (Å²) in [5.74, 6) is -0.347. The Hall–Kier alpha value is -1.64. The fourth-order valence-electron chi connectivity index (χ4n) is 0.927. The number of aromatic hydroxyl groups is 1. The highest BCUT2D eigenvalue weighted by Gasteiger charge is 2.28. The van der Waals surface area contributed by atoms with Gasteiger partial charge in [0.2, 0.25) is 0 Å². The number of phenolic OH excluding ortho intramolecular Hbond substituents is 1. The Morgan fingerprint density at radius 3 is 2.38 bits per heavy atom. The van der Waals surface area contributed by atoms with E-state index in [1.165, 1.54) is 6.07 Å². The van der Waals surface area contributed by atoms with Crippen LogP contribution in [0.2, 0.25) is 0 Å². The minimum atomic E-state index is -5.19. The lowest BCUT2D eigenvalue weighted by atomic mass is 9.77. The first-order valence-electron chi connectivity index (χ1n) is 3.38. The van der Waals surface area contributed by atoms with E-state index in [9.17, 15) is 12.9 Å². The summed E-state index contributed by atoms with van der Waals surface area (Å²) >= 11 is 0. The van der Waals surface area contributed by atoms with E-state index in [2.05, 4.69) is 0 Å². The summed E-state index contributed by atoms with van der Waals surface area (Å²) < 4.78 is 36.6.